The Morgan fingerprint density at radius 3 is 2.44 bits per heavy atom. The first-order valence-electron chi connectivity index (χ1n) is 6.05. The topological polar surface area (TPSA) is 12.0 Å². The molecule has 1 N–H and O–H groups in total. The van der Waals surface area contributed by atoms with Gasteiger partial charge in [-0.2, -0.15) is 11.8 Å². The Balaban J connectivity index is 2.48. The highest BCUT2D eigenvalue weighted by molar-refractivity contribution is 7.99. The van der Waals surface area contributed by atoms with Gasteiger partial charge in [0.25, 0.3) is 0 Å². The standard InChI is InChI=1S/C14H23NS/c1-12(2)9-10-16-14(11-15-3)13-7-5-4-6-8-13/h4-8,12,14-15H,9-11H2,1-3H3. The van der Waals surface area contributed by atoms with Crippen molar-refractivity contribution in [3.05, 3.63) is 35.9 Å². The third-order valence-electron chi connectivity index (χ3n) is 2.58. The van der Waals surface area contributed by atoms with Gasteiger partial charge < -0.3 is 5.32 Å². The SMILES string of the molecule is CNCC(SCCC(C)C)c1ccccc1. The van der Waals surface area contributed by atoms with Gasteiger partial charge in [0.05, 0.1) is 0 Å². The Kier molecular flexibility index (Phi) is 6.58. The molecule has 1 rings (SSSR count). The van der Waals surface area contributed by atoms with Crippen LogP contribution in [0.2, 0.25) is 0 Å². The molecule has 90 valence electrons. The molecule has 2 heteroatoms. The molecule has 1 atom stereocenters. The number of benzene rings is 1. The summed E-state index contributed by atoms with van der Waals surface area (Å²) in [6.45, 7) is 5.62. The Hall–Kier alpha value is -0.470. The second-order valence-electron chi connectivity index (χ2n) is 4.51. The fourth-order valence-electron chi connectivity index (χ4n) is 1.57. The van der Waals surface area contributed by atoms with Crippen molar-refractivity contribution >= 4 is 11.8 Å². The third-order valence-corrected chi connectivity index (χ3v) is 3.89. The van der Waals surface area contributed by atoms with Crippen LogP contribution in [0.5, 0.6) is 0 Å². The smallest absolute Gasteiger partial charge is 0.0421 e. The second-order valence-corrected chi connectivity index (χ2v) is 5.82. The molecule has 1 aromatic rings. The van der Waals surface area contributed by atoms with Crippen molar-refractivity contribution in [3.8, 4) is 0 Å². The lowest BCUT2D eigenvalue weighted by atomic mass is 10.1. The first kappa shape index (κ1) is 13.6. The Morgan fingerprint density at radius 2 is 1.88 bits per heavy atom. The van der Waals surface area contributed by atoms with E-state index in [2.05, 4.69) is 61.3 Å². The molecule has 1 unspecified atom stereocenters. The normalized spacial score (nSPS) is 13.0. The van der Waals surface area contributed by atoms with Gasteiger partial charge in [-0.3, -0.25) is 0 Å². The molecule has 0 fully saturated rings. The molecule has 0 aromatic heterocycles. The van der Waals surface area contributed by atoms with Crippen molar-refractivity contribution in [2.75, 3.05) is 19.3 Å². The van der Waals surface area contributed by atoms with Gasteiger partial charge in [-0.05, 0) is 30.7 Å². The second kappa shape index (κ2) is 7.75. The minimum atomic E-state index is 0.588. The average Bonchev–Trinajstić information content (AvgIpc) is 2.29. The Bertz CT molecular complexity index is 271. The molecular weight excluding hydrogens is 214 g/mol. The lowest BCUT2D eigenvalue weighted by molar-refractivity contribution is 0.630. The van der Waals surface area contributed by atoms with E-state index in [9.17, 15) is 0 Å². The van der Waals surface area contributed by atoms with Gasteiger partial charge >= 0.3 is 0 Å². The number of likely N-dealkylation sites (N-methyl/N-ethyl adjacent to an activating group) is 1. The lowest BCUT2D eigenvalue weighted by Crippen LogP contribution is -2.15. The highest BCUT2D eigenvalue weighted by atomic mass is 32.2. The van der Waals surface area contributed by atoms with E-state index < -0.39 is 0 Å². The van der Waals surface area contributed by atoms with Gasteiger partial charge in [-0.15, -0.1) is 0 Å². The molecule has 0 saturated carbocycles. The van der Waals surface area contributed by atoms with Crippen LogP contribution in [0.25, 0.3) is 0 Å². The Morgan fingerprint density at radius 1 is 1.19 bits per heavy atom. The van der Waals surface area contributed by atoms with Crippen LogP contribution in [-0.4, -0.2) is 19.3 Å². The zero-order chi connectivity index (χ0) is 11.8. The molecule has 0 aliphatic rings. The average molecular weight is 237 g/mol. The molecule has 0 amide bonds. The minimum Gasteiger partial charge on any atom is -0.318 e. The van der Waals surface area contributed by atoms with E-state index in [0.29, 0.717) is 5.25 Å². The third kappa shape index (κ3) is 5.04. The summed E-state index contributed by atoms with van der Waals surface area (Å²) >= 11 is 2.07. The maximum Gasteiger partial charge on any atom is 0.0421 e. The number of nitrogens with one attached hydrogen (secondary N) is 1. The lowest BCUT2D eigenvalue weighted by Gasteiger charge is -2.17. The maximum atomic E-state index is 3.28. The summed E-state index contributed by atoms with van der Waals surface area (Å²) < 4.78 is 0. The van der Waals surface area contributed by atoms with Crippen LogP contribution in [-0.2, 0) is 0 Å². The molecule has 0 bridgehead atoms. The summed E-state index contributed by atoms with van der Waals surface area (Å²) in [6.07, 6.45) is 1.30. The number of rotatable bonds is 7. The van der Waals surface area contributed by atoms with E-state index in [1.165, 1.54) is 17.7 Å². The molecule has 16 heavy (non-hydrogen) atoms. The van der Waals surface area contributed by atoms with Gasteiger partial charge in [0.2, 0.25) is 0 Å². The highest BCUT2D eigenvalue weighted by Crippen LogP contribution is 2.29. The van der Waals surface area contributed by atoms with Crippen LogP contribution < -0.4 is 5.32 Å². The largest absolute Gasteiger partial charge is 0.318 e. The maximum absolute atomic E-state index is 3.28. The van der Waals surface area contributed by atoms with E-state index in [1.807, 2.05) is 7.05 Å². The molecule has 0 aliphatic carbocycles. The minimum absolute atomic E-state index is 0.588. The van der Waals surface area contributed by atoms with Crippen molar-refractivity contribution in [2.24, 2.45) is 5.92 Å². The number of hydrogen-bond donors (Lipinski definition) is 1. The van der Waals surface area contributed by atoms with E-state index in [4.69, 9.17) is 0 Å². The van der Waals surface area contributed by atoms with E-state index in [1.54, 1.807) is 0 Å². The molecular formula is C14H23NS. The first-order valence-corrected chi connectivity index (χ1v) is 7.10. The summed E-state index contributed by atoms with van der Waals surface area (Å²) in [5.41, 5.74) is 1.44. The molecule has 0 radical (unpaired) electrons. The summed E-state index contributed by atoms with van der Waals surface area (Å²) in [6, 6.07) is 10.8. The molecule has 0 heterocycles. The van der Waals surface area contributed by atoms with E-state index in [-0.39, 0.29) is 0 Å². The quantitative estimate of drug-likeness (QED) is 0.775. The fraction of sp³-hybridized carbons (Fsp3) is 0.571. The van der Waals surface area contributed by atoms with Gasteiger partial charge in [0.15, 0.2) is 0 Å². The van der Waals surface area contributed by atoms with Gasteiger partial charge in [0.1, 0.15) is 0 Å². The van der Waals surface area contributed by atoms with Crippen molar-refractivity contribution < 1.29 is 0 Å². The van der Waals surface area contributed by atoms with Crippen LogP contribution in [0.15, 0.2) is 30.3 Å². The number of hydrogen-bond acceptors (Lipinski definition) is 2. The molecule has 0 spiro atoms. The zero-order valence-electron chi connectivity index (χ0n) is 10.6. The predicted octanol–water partition coefficient (Wildman–Crippen LogP) is 3.73. The summed E-state index contributed by atoms with van der Waals surface area (Å²) in [4.78, 5) is 0. The summed E-state index contributed by atoms with van der Waals surface area (Å²) in [5.74, 6) is 2.05. The monoisotopic (exact) mass is 237 g/mol. The van der Waals surface area contributed by atoms with Crippen molar-refractivity contribution in [1.82, 2.24) is 5.32 Å². The van der Waals surface area contributed by atoms with Crippen LogP contribution in [0, 0.1) is 5.92 Å². The van der Waals surface area contributed by atoms with Crippen LogP contribution >= 0.6 is 11.8 Å². The molecule has 0 saturated heterocycles. The van der Waals surface area contributed by atoms with Gasteiger partial charge in [-0.1, -0.05) is 44.2 Å². The van der Waals surface area contributed by atoms with Crippen LogP contribution in [0.3, 0.4) is 0 Å². The Labute approximate surface area is 104 Å². The summed E-state index contributed by atoms with van der Waals surface area (Å²) in [7, 11) is 2.03. The first-order chi connectivity index (χ1) is 7.74. The van der Waals surface area contributed by atoms with Gasteiger partial charge in [-0.25, -0.2) is 0 Å². The summed E-state index contributed by atoms with van der Waals surface area (Å²) in [5, 5.41) is 3.87. The molecule has 1 nitrogen and oxygen atoms in total. The highest BCUT2D eigenvalue weighted by Gasteiger charge is 2.10. The number of thioether (sulfide) groups is 1. The van der Waals surface area contributed by atoms with E-state index in [0.717, 1.165) is 12.5 Å². The predicted molar refractivity (Wildman–Crippen MR) is 75.0 cm³/mol. The van der Waals surface area contributed by atoms with Gasteiger partial charge in [0, 0.05) is 11.8 Å². The van der Waals surface area contributed by atoms with Crippen LogP contribution in [0.1, 0.15) is 31.1 Å². The molecule has 0 aliphatic heterocycles. The van der Waals surface area contributed by atoms with Crippen molar-refractivity contribution in [2.45, 2.75) is 25.5 Å². The van der Waals surface area contributed by atoms with E-state index >= 15 is 0 Å². The molecule has 1 aromatic carbocycles. The van der Waals surface area contributed by atoms with Crippen LogP contribution in [0.4, 0.5) is 0 Å². The van der Waals surface area contributed by atoms with Crippen molar-refractivity contribution in [1.29, 1.82) is 0 Å². The fourth-order valence-corrected chi connectivity index (χ4v) is 3.10. The zero-order valence-corrected chi connectivity index (χ0v) is 11.4. The van der Waals surface area contributed by atoms with Crippen molar-refractivity contribution in [3.63, 3.8) is 0 Å².